The van der Waals surface area contributed by atoms with E-state index in [4.69, 9.17) is 0 Å². The maximum Gasteiger partial charge on any atom is 0.251 e. The second kappa shape index (κ2) is 8.46. The van der Waals surface area contributed by atoms with Crippen molar-refractivity contribution in [2.24, 2.45) is 0 Å². The van der Waals surface area contributed by atoms with Gasteiger partial charge >= 0.3 is 0 Å². The van der Waals surface area contributed by atoms with Gasteiger partial charge in [0.2, 0.25) is 0 Å². The molecule has 0 amide bonds. The minimum atomic E-state index is -0.0287. The first-order chi connectivity index (χ1) is 15.6. The summed E-state index contributed by atoms with van der Waals surface area (Å²) in [6, 6.07) is 10.1. The lowest BCUT2D eigenvalue weighted by Crippen LogP contribution is -2.46. The van der Waals surface area contributed by atoms with Gasteiger partial charge in [-0.05, 0) is 54.0 Å². The van der Waals surface area contributed by atoms with E-state index in [-0.39, 0.29) is 5.56 Å². The highest BCUT2D eigenvalue weighted by atomic mass is 16.1. The Morgan fingerprint density at radius 1 is 1.12 bits per heavy atom. The largest absolute Gasteiger partial charge is 0.369 e. The molecule has 0 saturated carbocycles. The van der Waals surface area contributed by atoms with Crippen LogP contribution in [0.3, 0.4) is 0 Å². The van der Waals surface area contributed by atoms with Crippen LogP contribution in [0.15, 0.2) is 47.5 Å². The summed E-state index contributed by atoms with van der Waals surface area (Å²) in [4.78, 5) is 35.6. The molecular weight excluding hydrogens is 402 g/mol. The Morgan fingerprint density at radius 2 is 1.97 bits per heavy atom. The standard InChI is InChI=1S/C25H25N5O2/c1-2-18-13-22-23(28-25(18)32)11-17(14-27-22)15-29-7-9-30(10-8-29)20-3-4-21-19(12-20)5-6-26-24(21)16-31/h3-6,11-14,26H,2,7-10,15H2,1H3,(H,28,32). The molecule has 0 bridgehead atoms. The number of nitrogens with zero attached hydrogens (tertiary/aromatic N) is 3. The third-order valence-electron chi connectivity index (χ3n) is 6.25. The van der Waals surface area contributed by atoms with Crippen molar-refractivity contribution in [2.75, 3.05) is 31.1 Å². The van der Waals surface area contributed by atoms with E-state index in [9.17, 15) is 9.59 Å². The average molecular weight is 428 g/mol. The van der Waals surface area contributed by atoms with Crippen LogP contribution in [0.2, 0.25) is 0 Å². The summed E-state index contributed by atoms with van der Waals surface area (Å²) in [6.07, 6.45) is 6.37. The molecule has 1 saturated heterocycles. The maximum absolute atomic E-state index is 12.1. The van der Waals surface area contributed by atoms with E-state index in [2.05, 4.69) is 37.2 Å². The van der Waals surface area contributed by atoms with Crippen LogP contribution < -0.4 is 15.8 Å². The molecule has 0 radical (unpaired) electrons. The number of hydrogen-bond acceptors (Lipinski definition) is 6. The van der Waals surface area contributed by atoms with Gasteiger partial charge in [0, 0.05) is 61.9 Å². The molecule has 2 N–H and O–H groups in total. The molecule has 0 atom stereocenters. The average Bonchev–Trinajstić information content (AvgIpc) is 2.83. The summed E-state index contributed by atoms with van der Waals surface area (Å²) >= 11 is 0. The van der Waals surface area contributed by atoms with Gasteiger partial charge in [0.25, 0.3) is 5.56 Å². The van der Waals surface area contributed by atoms with E-state index >= 15 is 0 Å². The quantitative estimate of drug-likeness (QED) is 0.623. The van der Waals surface area contributed by atoms with Crippen LogP contribution in [0, 0.1) is 0 Å². The third kappa shape index (κ3) is 3.84. The molecule has 2 aliphatic rings. The number of aromatic nitrogens is 2. The molecule has 1 fully saturated rings. The van der Waals surface area contributed by atoms with Crippen molar-refractivity contribution in [2.45, 2.75) is 19.9 Å². The fraction of sp³-hybridized carbons (Fsp3) is 0.280. The summed E-state index contributed by atoms with van der Waals surface area (Å²) in [5.74, 6) is 1.97. The molecule has 0 aliphatic carbocycles. The molecule has 1 aromatic carbocycles. The lowest BCUT2D eigenvalue weighted by Gasteiger charge is -2.36. The number of anilines is 1. The maximum atomic E-state index is 12.1. The van der Waals surface area contributed by atoms with Crippen LogP contribution in [0.25, 0.3) is 22.8 Å². The Bertz CT molecular complexity index is 1310. The zero-order chi connectivity index (χ0) is 22.1. The number of aromatic amines is 1. The topological polar surface area (TPSA) is 81.3 Å². The van der Waals surface area contributed by atoms with Gasteiger partial charge in [-0.25, -0.2) is 4.79 Å². The predicted molar refractivity (Wildman–Crippen MR) is 127 cm³/mol. The van der Waals surface area contributed by atoms with Crippen LogP contribution >= 0.6 is 0 Å². The Labute approximate surface area is 186 Å². The molecular formula is C25H25N5O2. The van der Waals surface area contributed by atoms with Crippen molar-refractivity contribution < 1.29 is 4.79 Å². The summed E-state index contributed by atoms with van der Waals surface area (Å²) in [5.41, 5.74) is 7.03. The molecule has 0 spiro atoms. The zero-order valence-electron chi connectivity index (χ0n) is 18.0. The molecule has 7 heteroatoms. The normalized spacial score (nSPS) is 16.0. The second-order valence-corrected chi connectivity index (χ2v) is 8.24. The lowest BCUT2D eigenvalue weighted by molar-refractivity contribution is 0.249. The number of benzene rings is 1. The minimum absolute atomic E-state index is 0.0287. The van der Waals surface area contributed by atoms with E-state index < -0.39 is 0 Å². The fourth-order valence-electron chi connectivity index (χ4n) is 4.43. The zero-order valence-corrected chi connectivity index (χ0v) is 18.0. The van der Waals surface area contributed by atoms with E-state index in [1.807, 2.05) is 43.3 Å². The number of nitrogens with one attached hydrogen (secondary N) is 2. The van der Waals surface area contributed by atoms with Crippen LogP contribution in [-0.4, -0.2) is 47.0 Å². The fourth-order valence-corrected chi connectivity index (χ4v) is 4.43. The third-order valence-corrected chi connectivity index (χ3v) is 6.25. The number of aryl methyl sites for hydroxylation is 1. The van der Waals surface area contributed by atoms with Crippen molar-refractivity contribution in [3.05, 3.63) is 75.3 Å². The van der Waals surface area contributed by atoms with Crippen molar-refractivity contribution in [1.82, 2.24) is 20.2 Å². The number of pyridine rings is 2. The number of rotatable bonds is 4. The van der Waals surface area contributed by atoms with Crippen LogP contribution in [-0.2, 0) is 17.8 Å². The second-order valence-electron chi connectivity index (χ2n) is 8.24. The molecule has 4 heterocycles. The van der Waals surface area contributed by atoms with E-state index in [0.29, 0.717) is 12.1 Å². The van der Waals surface area contributed by atoms with Crippen molar-refractivity contribution in [3.63, 3.8) is 0 Å². The monoisotopic (exact) mass is 427 g/mol. The molecule has 0 unspecified atom stereocenters. The number of piperazine rings is 1. The number of H-pyrrole nitrogens is 1. The van der Waals surface area contributed by atoms with E-state index in [0.717, 1.165) is 71.7 Å². The molecule has 2 aromatic heterocycles. The first-order valence-electron chi connectivity index (χ1n) is 11.0. The molecule has 3 aromatic rings. The van der Waals surface area contributed by atoms with Gasteiger partial charge in [0.05, 0.1) is 11.0 Å². The molecule has 7 nitrogen and oxygen atoms in total. The molecule has 32 heavy (non-hydrogen) atoms. The van der Waals surface area contributed by atoms with Crippen molar-refractivity contribution in [3.8, 4) is 0 Å². The van der Waals surface area contributed by atoms with Gasteiger partial charge in [0.1, 0.15) is 5.70 Å². The molecule has 5 rings (SSSR count). The van der Waals surface area contributed by atoms with Gasteiger partial charge in [-0.3, -0.25) is 14.7 Å². The summed E-state index contributed by atoms with van der Waals surface area (Å²) in [7, 11) is 0. The predicted octanol–water partition coefficient (Wildman–Crippen LogP) is 2.55. The highest BCUT2D eigenvalue weighted by molar-refractivity contribution is 5.92. The van der Waals surface area contributed by atoms with Gasteiger partial charge in [-0.1, -0.05) is 6.92 Å². The Kier molecular flexibility index (Phi) is 5.35. The summed E-state index contributed by atoms with van der Waals surface area (Å²) < 4.78 is 0. The number of carbonyl (C=O) groups excluding carboxylic acids is 1. The van der Waals surface area contributed by atoms with Crippen LogP contribution in [0.1, 0.15) is 29.2 Å². The van der Waals surface area contributed by atoms with E-state index in [1.54, 1.807) is 6.20 Å². The first kappa shape index (κ1) is 20.2. The molecule has 2 aliphatic heterocycles. The van der Waals surface area contributed by atoms with Gasteiger partial charge in [0.15, 0.2) is 5.94 Å². The smallest absolute Gasteiger partial charge is 0.251 e. The van der Waals surface area contributed by atoms with Crippen LogP contribution in [0.4, 0.5) is 5.69 Å². The Balaban J connectivity index is 1.26. The summed E-state index contributed by atoms with van der Waals surface area (Å²) in [6.45, 7) is 6.51. The van der Waals surface area contributed by atoms with Crippen molar-refractivity contribution in [1.29, 1.82) is 0 Å². The Morgan fingerprint density at radius 3 is 2.75 bits per heavy atom. The van der Waals surface area contributed by atoms with Gasteiger partial charge in [-0.2, -0.15) is 0 Å². The highest BCUT2D eigenvalue weighted by Gasteiger charge is 2.19. The van der Waals surface area contributed by atoms with Gasteiger partial charge < -0.3 is 15.2 Å². The lowest BCUT2D eigenvalue weighted by atomic mass is 10.0. The minimum Gasteiger partial charge on any atom is -0.369 e. The van der Waals surface area contributed by atoms with E-state index in [1.165, 1.54) is 0 Å². The van der Waals surface area contributed by atoms with Crippen molar-refractivity contribution >= 4 is 34.4 Å². The molecule has 162 valence electrons. The first-order valence-corrected chi connectivity index (χ1v) is 11.0. The van der Waals surface area contributed by atoms with Crippen LogP contribution in [0.5, 0.6) is 0 Å². The van der Waals surface area contributed by atoms with Gasteiger partial charge in [-0.15, -0.1) is 0 Å². The number of fused-ring (bicyclic) bond motifs is 2. The SMILES string of the molecule is CCc1cc2ncc(CN3CCN(c4ccc5c(c4)C=CNC5=C=O)CC3)cc2[nH]c1=O. The highest BCUT2D eigenvalue weighted by Crippen LogP contribution is 2.27. The summed E-state index contributed by atoms with van der Waals surface area (Å²) in [5, 5.41) is 2.94. The number of hydrogen-bond donors (Lipinski definition) is 2. The Hall–Kier alpha value is -3.67.